The summed E-state index contributed by atoms with van der Waals surface area (Å²) >= 11 is 0. The number of nitrogens with zero attached hydrogens (tertiary/aromatic N) is 1. The number of methoxy groups -OCH3 is 7. The van der Waals surface area contributed by atoms with Crippen molar-refractivity contribution in [2.45, 2.75) is 31.7 Å². The van der Waals surface area contributed by atoms with E-state index in [2.05, 4.69) is 35.5 Å². The molecule has 0 fully saturated rings. The number of hydrogen-bond donors (Lipinski definition) is 1. The van der Waals surface area contributed by atoms with Gasteiger partial charge in [0.15, 0.2) is 52.3 Å². The zero-order valence-electron chi connectivity index (χ0n) is 32.7. The van der Waals surface area contributed by atoms with Gasteiger partial charge in [0, 0.05) is 47.8 Å². The third-order valence-corrected chi connectivity index (χ3v) is 10.9. The Balaban J connectivity index is 1.31. The standard InChI is InChI=1S/C43H48N2O10/c1-45-14-12-28-31(21-38(49-4)43(53-8)42(28)52-7)33(45)16-26-10-9-25(40(50-5)41(26)51-6)15-27-18-36-37(55-23-54-36)19-29(27)32(22-46)39-30-20-35(48-3)34(47-2)17-24(30)11-13-44-39/h9-10,17-22,33,44H,11-16,23H2,1-8H3. The lowest BCUT2D eigenvalue weighted by Crippen LogP contribution is -2.34. The van der Waals surface area contributed by atoms with Gasteiger partial charge in [-0.1, -0.05) is 12.1 Å². The van der Waals surface area contributed by atoms with Crippen LogP contribution in [-0.4, -0.2) is 87.9 Å². The molecule has 12 nitrogen and oxygen atoms in total. The minimum absolute atomic E-state index is 0.00591. The van der Waals surface area contributed by atoms with Crippen LogP contribution in [0.1, 0.15) is 50.5 Å². The monoisotopic (exact) mass is 752 g/mol. The van der Waals surface area contributed by atoms with Crippen molar-refractivity contribution in [2.75, 3.05) is 76.7 Å². The maximum Gasteiger partial charge on any atom is 0.231 e. The zero-order valence-corrected chi connectivity index (χ0v) is 32.7. The molecule has 290 valence electrons. The fourth-order valence-electron chi connectivity index (χ4n) is 8.20. The van der Waals surface area contributed by atoms with Gasteiger partial charge in [-0.2, -0.15) is 0 Å². The first-order chi connectivity index (χ1) is 26.8. The van der Waals surface area contributed by atoms with E-state index >= 15 is 0 Å². The first-order valence-corrected chi connectivity index (χ1v) is 18.2. The Labute approximate surface area is 321 Å². The van der Waals surface area contributed by atoms with Crippen molar-refractivity contribution >= 4 is 17.6 Å². The van der Waals surface area contributed by atoms with Gasteiger partial charge in [-0.3, -0.25) is 9.69 Å². The lowest BCUT2D eigenvalue weighted by atomic mass is 9.86. The van der Waals surface area contributed by atoms with Gasteiger partial charge in [0.2, 0.25) is 12.5 Å². The normalized spacial score (nSPS) is 16.6. The second-order valence-corrected chi connectivity index (χ2v) is 13.6. The van der Waals surface area contributed by atoms with E-state index in [-0.39, 0.29) is 12.8 Å². The van der Waals surface area contributed by atoms with Crippen LogP contribution in [0.15, 0.2) is 42.5 Å². The number of nitrogens with one attached hydrogen (secondary N) is 1. The van der Waals surface area contributed by atoms with Crippen LogP contribution in [0.3, 0.4) is 0 Å². The molecule has 4 aromatic rings. The first kappa shape index (κ1) is 37.6. The molecule has 3 aliphatic rings. The summed E-state index contributed by atoms with van der Waals surface area (Å²) in [6.07, 6.45) is 3.52. The third kappa shape index (κ3) is 6.69. The number of benzene rings is 4. The topological polar surface area (TPSA) is 115 Å². The highest BCUT2D eigenvalue weighted by Gasteiger charge is 2.33. The van der Waals surface area contributed by atoms with E-state index in [9.17, 15) is 4.79 Å². The molecule has 0 radical (unpaired) electrons. The maximum absolute atomic E-state index is 13.2. The molecule has 3 heterocycles. The Bertz CT molecular complexity index is 2150. The van der Waals surface area contributed by atoms with Crippen molar-refractivity contribution in [2.24, 2.45) is 0 Å². The average Bonchev–Trinajstić information content (AvgIpc) is 3.68. The summed E-state index contributed by atoms with van der Waals surface area (Å²) < 4.78 is 52.5. The van der Waals surface area contributed by atoms with Crippen LogP contribution < -0.4 is 47.9 Å². The van der Waals surface area contributed by atoms with E-state index in [0.717, 1.165) is 64.6 Å². The van der Waals surface area contributed by atoms with Gasteiger partial charge in [-0.25, -0.2) is 0 Å². The molecule has 4 aromatic carbocycles. The van der Waals surface area contributed by atoms with Crippen molar-refractivity contribution in [1.82, 2.24) is 10.2 Å². The van der Waals surface area contributed by atoms with Crippen LogP contribution in [0.2, 0.25) is 0 Å². The summed E-state index contributed by atoms with van der Waals surface area (Å²) in [7, 11) is 13.6. The fraction of sp³-hybridized carbons (Fsp3) is 0.372. The van der Waals surface area contributed by atoms with Crippen LogP contribution in [0.4, 0.5) is 0 Å². The Morgan fingerprint density at radius 2 is 1.40 bits per heavy atom. The summed E-state index contributed by atoms with van der Waals surface area (Å²) in [5.41, 5.74) is 8.78. The second-order valence-electron chi connectivity index (χ2n) is 13.6. The van der Waals surface area contributed by atoms with Gasteiger partial charge in [-0.15, -0.1) is 0 Å². The molecule has 0 amide bonds. The number of likely N-dealkylation sites (N-methyl/N-ethyl adjacent to an activating group) is 1. The zero-order chi connectivity index (χ0) is 38.8. The van der Waals surface area contributed by atoms with Crippen LogP contribution in [0, 0.1) is 0 Å². The van der Waals surface area contributed by atoms with Crippen LogP contribution in [0.25, 0.3) is 11.3 Å². The van der Waals surface area contributed by atoms with E-state index in [1.165, 1.54) is 0 Å². The Morgan fingerprint density at radius 3 is 2.07 bits per heavy atom. The average molecular weight is 753 g/mol. The predicted octanol–water partition coefficient (Wildman–Crippen LogP) is 6.05. The molecule has 1 unspecified atom stereocenters. The molecule has 0 bridgehead atoms. The first-order valence-electron chi connectivity index (χ1n) is 18.2. The molecule has 3 aliphatic heterocycles. The Morgan fingerprint density at radius 1 is 0.745 bits per heavy atom. The highest BCUT2D eigenvalue weighted by Crippen LogP contribution is 2.49. The molecule has 7 rings (SSSR count). The maximum atomic E-state index is 13.2. The molecular formula is C43H48N2O10. The van der Waals surface area contributed by atoms with Gasteiger partial charge in [-0.05, 0) is 84.5 Å². The number of carbonyl (C=O) groups excluding carboxylic acids is 1. The molecule has 1 N–H and O–H groups in total. The minimum Gasteiger partial charge on any atom is -0.493 e. The van der Waals surface area contributed by atoms with Gasteiger partial charge in [0.05, 0.1) is 55.5 Å². The molecule has 1 atom stereocenters. The van der Waals surface area contributed by atoms with Gasteiger partial charge < -0.3 is 47.9 Å². The van der Waals surface area contributed by atoms with Gasteiger partial charge >= 0.3 is 0 Å². The highest BCUT2D eigenvalue weighted by molar-refractivity contribution is 6.18. The number of ether oxygens (including phenoxy) is 9. The number of allylic oxidation sites excluding steroid dienone is 1. The summed E-state index contributed by atoms with van der Waals surface area (Å²) in [5.74, 6) is 5.58. The van der Waals surface area contributed by atoms with E-state index in [4.69, 9.17) is 42.6 Å². The summed E-state index contributed by atoms with van der Waals surface area (Å²) in [6, 6.07) is 14.0. The van der Waals surface area contributed by atoms with Crippen LogP contribution in [0.5, 0.6) is 51.7 Å². The molecule has 55 heavy (non-hydrogen) atoms. The van der Waals surface area contributed by atoms with E-state index in [1.807, 2.05) is 24.3 Å². The summed E-state index contributed by atoms with van der Waals surface area (Å²) in [5, 5.41) is 3.50. The van der Waals surface area contributed by atoms with Gasteiger partial charge in [0.1, 0.15) is 0 Å². The molecule has 0 saturated heterocycles. The third-order valence-electron chi connectivity index (χ3n) is 10.9. The number of fused-ring (bicyclic) bond motifs is 3. The Hall–Kier alpha value is -5.75. The van der Waals surface area contributed by atoms with E-state index in [0.29, 0.717) is 88.0 Å². The quantitative estimate of drug-likeness (QED) is 0.127. The lowest BCUT2D eigenvalue weighted by molar-refractivity contribution is -0.103. The number of carbonyl (C=O) groups is 1. The van der Waals surface area contributed by atoms with Crippen molar-refractivity contribution < 1.29 is 47.4 Å². The van der Waals surface area contributed by atoms with Crippen LogP contribution >= 0.6 is 0 Å². The number of hydrogen-bond acceptors (Lipinski definition) is 12. The van der Waals surface area contributed by atoms with Crippen LogP contribution in [-0.2, 0) is 30.5 Å². The van der Waals surface area contributed by atoms with Crippen molar-refractivity contribution in [3.8, 4) is 51.7 Å². The summed E-state index contributed by atoms with van der Waals surface area (Å²) in [6.45, 7) is 1.58. The molecule has 0 aromatic heterocycles. The van der Waals surface area contributed by atoms with E-state index in [1.54, 1.807) is 49.8 Å². The minimum atomic E-state index is -0.00591. The second kappa shape index (κ2) is 15.9. The van der Waals surface area contributed by atoms with E-state index < -0.39 is 0 Å². The molecule has 0 spiro atoms. The molecule has 0 aliphatic carbocycles. The SMILES string of the molecule is COc1cc2c(cc1OC)C(=C(C=O)c1cc3c(cc1Cc1ccc(CC4c5cc(OC)c(OC)c(OC)c5CCN4C)c(OC)c1OC)OCO3)NCC2. The highest BCUT2D eigenvalue weighted by atomic mass is 16.7. The lowest BCUT2D eigenvalue weighted by Gasteiger charge is -2.36. The molecule has 12 heteroatoms. The molecular weight excluding hydrogens is 704 g/mol. The molecule has 0 saturated carbocycles. The number of rotatable bonds is 13. The van der Waals surface area contributed by atoms with Crippen molar-refractivity contribution in [1.29, 1.82) is 0 Å². The van der Waals surface area contributed by atoms with Gasteiger partial charge in [0.25, 0.3) is 0 Å². The van der Waals surface area contributed by atoms with Crippen molar-refractivity contribution in [3.63, 3.8) is 0 Å². The predicted molar refractivity (Wildman–Crippen MR) is 208 cm³/mol. The largest absolute Gasteiger partial charge is 0.493 e. The summed E-state index contributed by atoms with van der Waals surface area (Å²) in [4.78, 5) is 15.5. The number of aldehydes is 1. The smallest absolute Gasteiger partial charge is 0.231 e. The van der Waals surface area contributed by atoms with Crippen molar-refractivity contribution in [3.05, 3.63) is 87.0 Å². The Kier molecular flexibility index (Phi) is 10.9. The fourth-order valence-corrected chi connectivity index (χ4v) is 8.20.